The van der Waals surface area contributed by atoms with Crippen molar-refractivity contribution in [3.63, 3.8) is 0 Å². The average molecular weight is 288 g/mol. The van der Waals surface area contributed by atoms with Gasteiger partial charge < -0.3 is 0 Å². The van der Waals surface area contributed by atoms with Crippen molar-refractivity contribution in [1.29, 1.82) is 5.26 Å². The van der Waals surface area contributed by atoms with Crippen LogP contribution in [-0.2, 0) is 4.79 Å². The Bertz CT molecular complexity index is 545. The van der Waals surface area contributed by atoms with Gasteiger partial charge in [0, 0.05) is 11.4 Å². The molecule has 0 aliphatic heterocycles. The minimum Gasteiger partial charge on any atom is -0.298 e. The summed E-state index contributed by atoms with van der Waals surface area (Å²) in [6.07, 6.45) is 5.68. The lowest BCUT2D eigenvalue weighted by atomic mass is 9.82. The molecule has 0 N–H and O–H groups in total. The van der Waals surface area contributed by atoms with E-state index < -0.39 is 5.92 Å². The first-order chi connectivity index (χ1) is 9.67. The van der Waals surface area contributed by atoms with Gasteiger partial charge in [-0.1, -0.05) is 30.2 Å². The van der Waals surface area contributed by atoms with Crippen LogP contribution in [0.15, 0.2) is 24.3 Å². The smallest absolute Gasteiger partial charge is 0.154 e. The SMILES string of the molecule is N#CC(C(=O)CC1CC2CCC1C2)c1ccc(Cl)cc1. The standard InChI is InChI=1S/C17H18ClNO/c18-15-5-3-12(4-6-15)16(10-19)17(20)9-14-8-11-1-2-13(14)7-11/h3-6,11,13-14,16H,1-2,7-9H2. The number of rotatable bonds is 4. The first-order valence-electron chi connectivity index (χ1n) is 7.35. The maximum Gasteiger partial charge on any atom is 0.154 e. The summed E-state index contributed by atoms with van der Waals surface area (Å²) < 4.78 is 0. The van der Waals surface area contributed by atoms with Crippen molar-refractivity contribution in [3.05, 3.63) is 34.9 Å². The molecule has 0 amide bonds. The van der Waals surface area contributed by atoms with Gasteiger partial charge in [-0.3, -0.25) is 4.79 Å². The summed E-state index contributed by atoms with van der Waals surface area (Å²) in [5.41, 5.74) is 0.769. The summed E-state index contributed by atoms with van der Waals surface area (Å²) in [4.78, 5) is 12.4. The molecule has 0 aromatic heterocycles. The average Bonchev–Trinajstić information content (AvgIpc) is 3.04. The lowest BCUT2D eigenvalue weighted by molar-refractivity contribution is -0.120. The van der Waals surface area contributed by atoms with Crippen molar-refractivity contribution in [3.8, 4) is 6.07 Å². The van der Waals surface area contributed by atoms with Crippen molar-refractivity contribution in [1.82, 2.24) is 0 Å². The third kappa shape index (κ3) is 2.60. The number of hydrogen-bond donors (Lipinski definition) is 0. The molecule has 3 heteroatoms. The molecule has 0 heterocycles. The van der Waals surface area contributed by atoms with Crippen molar-refractivity contribution < 1.29 is 4.79 Å². The Morgan fingerprint density at radius 2 is 2.05 bits per heavy atom. The van der Waals surface area contributed by atoms with Crippen LogP contribution in [0.4, 0.5) is 0 Å². The highest BCUT2D eigenvalue weighted by atomic mass is 35.5. The summed E-state index contributed by atoms with van der Waals surface area (Å²) in [6.45, 7) is 0. The fourth-order valence-corrected chi connectivity index (χ4v) is 4.12. The van der Waals surface area contributed by atoms with Crippen LogP contribution in [0.3, 0.4) is 0 Å². The topological polar surface area (TPSA) is 40.9 Å². The second-order valence-electron chi connectivity index (χ2n) is 6.22. The van der Waals surface area contributed by atoms with E-state index in [0.29, 0.717) is 17.4 Å². The number of fused-ring (bicyclic) bond motifs is 2. The van der Waals surface area contributed by atoms with E-state index in [4.69, 9.17) is 11.6 Å². The Balaban J connectivity index is 1.68. The molecule has 3 rings (SSSR count). The molecule has 2 aliphatic carbocycles. The number of hydrogen-bond acceptors (Lipinski definition) is 2. The van der Waals surface area contributed by atoms with Gasteiger partial charge in [-0.2, -0.15) is 5.26 Å². The van der Waals surface area contributed by atoms with Gasteiger partial charge in [0.1, 0.15) is 5.92 Å². The second-order valence-corrected chi connectivity index (χ2v) is 6.66. The summed E-state index contributed by atoms with van der Waals surface area (Å²) >= 11 is 5.85. The van der Waals surface area contributed by atoms with Gasteiger partial charge in [0.25, 0.3) is 0 Å². The van der Waals surface area contributed by atoms with E-state index in [1.165, 1.54) is 25.7 Å². The molecule has 2 aliphatic rings. The Labute approximate surface area is 124 Å². The third-order valence-electron chi connectivity index (χ3n) is 5.00. The molecule has 0 radical (unpaired) electrons. The Morgan fingerprint density at radius 3 is 2.60 bits per heavy atom. The highest BCUT2D eigenvalue weighted by Gasteiger charge is 2.40. The molecule has 20 heavy (non-hydrogen) atoms. The molecule has 2 bridgehead atoms. The van der Waals surface area contributed by atoms with Gasteiger partial charge in [0.15, 0.2) is 5.78 Å². The normalized spacial score (nSPS) is 29.1. The van der Waals surface area contributed by atoms with E-state index >= 15 is 0 Å². The molecule has 1 aromatic carbocycles. The van der Waals surface area contributed by atoms with E-state index in [1.54, 1.807) is 24.3 Å². The molecule has 4 atom stereocenters. The van der Waals surface area contributed by atoms with E-state index in [9.17, 15) is 10.1 Å². The Hall–Kier alpha value is -1.33. The number of carbonyl (C=O) groups is 1. The number of Topliss-reactive ketones (excluding diaryl/α,β-unsaturated/α-hetero) is 1. The molecular formula is C17H18ClNO. The fourth-order valence-electron chi connectivity index (χ4n) is 3.99. The first-order valence-corrected chi connectivity index (χ1v) is 7.73. The maximum atomic E-state index is 12.4. The molecule has 0 saturated heterocycles. The zero-order valence-corrected chi connectivity index (χ0v) is 12.1. The summed E-state index contributed by atoms with van der Waals surface area (Å²) in [6, 6.07) is 9.22. The molecule has 104 valence electrons. The van der Waals surface area contributed by atoms with Crippen LogP contribution in [0, 0.1) is 29.1 Å². The number of benzene rings is 1. The molecular weight excluding hydrogens is 270 g/mol. The summed E-state index contributed by atoms with van der Waals surface area (Å²) in [5, 5.41) is 9.95. The van der Waals surface area contributed by atoms with E-state index in [2.05, 4.69) is 6.07 Å². The van der Waals surface area contributed by atoms with Crippen LogP contribution in [0.25, 0.3) is 0 Å². The summed E-state index contributed by atoms with van der Waals surface area (Å²) in [7, 11) is 0. The van der Waals surface area contributed by atoms with Gasteiger partial charge in [0.2, 0.25) is 0 Å². The minimum absolute atomic E-state index is 0.0763. The van der Waals surface area contributed by atoms with Crippen LogP contribution in [0.2, 0.25) is 5.02 Å². The predicted molar refractivity (Wildman–Crippen MR) is 78.4 cm³/mol. The third-order valence-corrected chi connectivity index (χ3v) is 5.25. The molecule has 4 unspecified atom stereocenters. The number of nitriles is 1. The van der Waals surface area contributed by atoms with Crippen molar-refractivity contribution in [2.75, 3.05) is 0 Å². The van der Waals surface area contributed by atoms with Crippen LogP contribution < -0.4 is 0 Å². The number of carbonyl (C=O) groups excluding carboxylic acids is 1. The van der Waals surface area contributed by atoms with E-state index in [1.807, 2.05) is 0 Å². The molecule has 2 fully saturated rings. The lowest BCUT2D eigenvalue weighted by Crippen LogP contribution is -2.19. The Kier molecular flexibility index (Phi) is 3.81. The highest BCUT2D eigenvalue weighted by molar-refractivity contribution is 6.30. The monoisotopic (exact) mass is 287 g/mol. The van der Waals surface area contributed by atoms with Gasteiger partial charge in [0.05, 0.1) is 6.07 Å². The van der Waals surface area contributed by atoms with Crippen molar-refractivity contribution in [2.24, 2.45) is 17.8 Å². The zero-order chi connectivity index (χ0) is 14.1. The van der Waals surface area contributed by atoms with E-state index in [0.717, 1.165) is 17.4 Å². The lowest BCUT2D eigenvalue weighted by Gasteiger charge is -2.21. The van der Waals surface area contributed by atoms with Crippen molar-refractivity contribution in [2.45, 2.75) is 38.0 Å². The molecule has 2 saturated carbocycles. The largest absolute Gasteiger partial charge is 0.298 e. The highest BCUT2D eigenvalue weighted by Crippen LogP contribution is 2.50. The summed E-state index contributed by atoms with van der Waals surface area (Å²) in [5.74, 6) is 1.53. The number of nitrogens with zero attached hydrogens (tertiary/aromatic N) is 1. The zero-order valence-electron chi connectivity index (χ0n) is 11.4. The van der Waals surface area contributed by atoms with Crippen LogP contribution in [0.5, 0.6) is 0 Å². The number of halogens is 1. The van der Waals surface area contributed by atoms with Crippen LogP contribution in [0.1, 0.15) is 43.6 Å². The van der Waals surface area contributed by atoms with E-state index in [-0.39, 0.29) is 5.78 Å². The van der Waals surface area contributed by atoms with Gasteiger partial charge in [-0.25, -0.2) is 0 Å². The van der Waals surface area contributed by atoms with Crippen LogP contribution in [-0.4, -0.2) is 5.78 Å². The first kappa shape index (κ1) is 13.6. The second kappa shape index (κ2) is 5.58. The Morgan fingerprint density at radius 1 is 1.30 bits per heavy atom. The number of ketones is 1. The van der Waals surface area contributed by atoms with Gasteiger partial charge in [-0.05, 0) is 54.7 Å². The molecule has 1 aromatic rings. The van der Waals surface area contributed by atoms with Gasteiger partial charge >= 0.3 is 0 Å². The molecule has 2 nitrogen and oxygen atoms in total. The van der Waals surface area contributed by atoms with Gasteiger partial charge in [-0.15, -0.1) is 0 Å². The minimum atomic E-state index is -0.633. The fraction of sp³-hybridized carbons (Fsp3) is 0.529. The van der Waals surface area contributed by atoms with Crippen LogP contribution >= 0.6 is 11.6 Å². The maximum absolute atomic E-state index is 12.4. The molecule has 0 spiro atoms. The predicted octanol–water partition coefficient (Wildman–Crippen LogP) is 4.34. The van der Waals surface area contributed by atoms with Crippen molar-refractivity contribution >= 4 is 17.4 Å². The quantitative estimate of drug-likeness (QED) is 0.826.